The number of carbonyl (C=O) groups is 1. The Kier molecular flexibility index (Phi) is 5.26. The van der Waals surface area contributed by atoms with Crippen LogP contribution in [0.1, 0.15) is 25.6 Å². The molecule has 2 heterocycles. The van der Waals surface area contributed by atoms with Gasteiger partial charge in [0.2, 0.25) is 5.91 Å². The van der Waals surface area contributed by atoms with Crippen molar-refractivity contribution in [1.82, 2.24) is 19.3 Å². The highest BCUT2D eigenvalue weighted by molar-refractivity contribution is 5.84. The summed E-state index contributed by atoms with van der Waals surface area (Å²) in [6.45, 7) is 10.3. The highest BCUT2D eigenvalue weighted by atomic mass is 16.1. The van der Waals surface area contributed by atoms with Crippen LogP contribution in [-0.4, -0.2) is 25.2 Å². The van der Waals surface area contributed by atoms with Crippen molar-refractivity contribution in [1.29, 1.82) is 0 Å². The fourth-order valence-electron chi connectivity index (χ4n) is 3.41. The van der Waals surface area contributed by atoms with Gasteiger partial charge in [-0.05, 0) is 12.8 Å². The van der Waals surface area contributed by atoms with Crippen molar-refractivity contribution in [2.45, 2.75) is 33.4 Å². The van der Waals surface area contributed by atoms with E-state index in [0.717, 1.165) is 28.2 Å². The molecule has 0 unspecified atom stereocenters. The highest BCUT2D eigenvalue weighted by Crippen LogP contribution is 2.36. The Balaban J connectivity index is 2.27. The van der Waals surface area contributed by atoms with E-state index in [9.17, 15) is 4.79 Å². The van der Waals surface area contributed by atoms with Crippen molar-refractivity contribution < 1.29 is 4.79 Å². The van der Waals surface area contributed by atoms with Gasteiger partial charge in [-0.3, -0.25) is 9.48 Å². The van der Waals surface area contributed by atoms with Gasteiger partial charge >= 0.3 is 0 Å². The van der Waals surface area contributed by atoms with E-state index in [2.05, 4.69) is 16.7 Å². The molecule has 6 nitrogen and oxygen atoms in total. The average molecular weight is 363 g/mol. The fraction of sp³-hybridized carbons (Fsp3) is 0.286. The smallest absolute Gasteiger partial charge is 0.240 e. The second-order valence-electron chi connectivity index (χ2n) is 6.95. The first-order valence-electron chi connectivity index (χ1n) is 9.01. The maximum atomic E-state index is 12.2. The van der Waals surface area contributed by atoms with E-state index >= 15 is 0 Å². The number of benzene rings is 1. The number of amides is 1. The molecule has 0 aliphatic rings. The lowest BCUT2D eigenvalue weighted by Crippen LogP contribution is -2.30. The normalized spacial score (nSPS) is 12.3. The van der Waals surface area contributed by atoms with Crippen molar-refractivity contribution >= 4 is 5.91 Å². The van der Waals surface area contributed by atoms with E-state index in [-0.39, 0.29) is 11.8 Å². The first-order chi connectivity index (χ1) is 12.9. The second kappa shape index (κ2) is 7.61. The SMILES string of the molecule is C=CCn1cc(-c2c(-c3ccccc3)ncn2[C@H](C(N)=O)C(C)C)c(C)n1. The van der Waals surface area contributed by atoms with Crippen LogP contribution < -0.4 is 5.73 Å². The van der Waals surface area contributed by atoms with Gasteiger partial charge in [0, 0.05) is 17.3 Å². The molecule has 0 spiro atoms. The minimum absolute atomic E-state index is 0.0302. The monoisotopic (exact) mass is 363 g/mol. The Morgan fingerprint density at radius 2 is 2.00 bits per heavy atom. The predicted molar refractivity (Wildman–Crippen MR) is 107 cm³/mol. The summed E-state index contributed by atoms with van der Waals surface area (Å²) < 4.78 is 3.72. The van der Waals surface area contributed by atoms with Crippen LogP contribution in [0.5, 0.6) is 0 Å². The first-order valence-corrected chi connectivity index (χ1v) is 9.01. The minimum Gasteiger partial charge on any atom is -0.368 e. The molecule has 3 aromatic rings. The molecule has 1 atom stereocenters. The Morgan fingerprint density at radius 3 is 2.59 bits per heavy atom. The third kappa shape index (κ3) is 3.56. The summed E-state index contributed by atoms with van der Waals surface area (Å²) in [7, 11) is 0. The Labute approximate surface area is 159 Å². The number of nitrogens with two attached hydrogens (primary N) is 1. The summed E-state index contributed by atoms with van der Waals surface area (Å²) >= 11 is 0. The van der Waals surface area contributed by atoms with Crippen LogP contribution in [0.15, 0.2) is 55.5 Å². The van der Waals surface area contributed by atoms with Gasteiger partial charge in [0.1, 0.15) is 6.04 Å². The van der Waals surface area contributed by atoms with Crippen molar-refractivity contribution in [3.63, 3.8) is 0 Å². The predicted octanol–water partition coefficient (Wildman–Crippen LogP) is 3.59. The van der Waals surface area contributed by atoms with Crippen LogP contribution in [-0.2, 0) is 11.3 Å². The fourth-order valence-corrected chi connectivity index (χ4v) is 3.41. The number of hydrogen-bond acceptors (Lipinski definition) is 3. The molecular weight excluding hydrogens is 338 g/mol. The molecule has 2 N–H and O–H groups in total. The van der Waals surface area contributed by atoms with Gasteiger partial charge in [0.05, 0.1) is 30.0 Å². The molecule has 6 heteroatoms. The van der Waals surface area contributed by atoms with Crippen molar-refractivity contribution in [2.75, 3.05) is 0 Å². The maximum Gasteiger partial charge on any atom is 0.240 e. The standard InChI is InChI=1S/C21H25N5O/c1-5-11-25-12-17(15(4)24-25)20-18(16-9-7-6-8-10-16)23-13-26(20)19(14(2)3)21(22)27/h5-10,12-14,19H,1,11H2,2-4H3,(H2,22,27)/t19-/m0/s1. The Morgan fingerprint density at radius 1 is 1.30 bits per heavy atom. The van der Waals surface area contributed by atoms with Gasteiger partial charge in [0.25, 0.3) is 0 Å². The topological polar surface area (TPSA) is 78.7 Å². The molecule has 1 aromatic carbocycles. The van der Waals surface area contributed by atoms with Gasteiger partial charge < -0.3 is 10.3 Å². The highest BCUT2D eigenvalue weighted by Gasteiger charge is 2.28. The number of rotatable bonds is 7. The first kappa shape index (κ1) is 18.6. The molecule has 0 fully saturated rings. The third-order valence-corrected chi connectivity index (χ3v) is 4.58. The molecule has 1 amide bonds. The third-order valence-electron chi connectivity index (χ3n) is 4.58. The van der Waals surface area contributed by atoms with Crippen LogP contribution in [0.2, 0.25) is 0 Å². The molecule has 0 aliphatic heterocycles. The van der Waals surface area contributed by atoms with Gasteiger partial charge in [-0.15, -0.1) is 6.58 Å². The number of allylic oxidation sites excluding steroid dienone is 1. The van der Waals surface area contributed by atoms with Gasteiger partial charge in [0.15, 0.2) is 0 Å². The summed E-state index contributed by atoms with van der Waals surface area (Å²) in [5, 5.41) is 4.57. The summed E-state index contributed by atoms with van der Waals surface area (Å²) in [6.07, 6.45) is 5.47. The molecule has 3 rings (SSSR count). The zero-order valence-corrected chi connectivity index (χ0v) is 16.0. The lowest BCUT2D eigenvalue weighted by molar-refractivity contribution is -0.122. The largest absolute Gasteiger partial charge is 0.368 e. The van der Waals surface area contributed by atoms with Crippen LogP contribution in [0.25, 0.3) is 22.5 Å². The van der Waals surface area contributed by atoms with Crippen LogP contribution in [0.4, 0.5) is 0 Å². The van der Waals surface area contributed by atoms with E-state index in [1.165, 1.54) is 0 Å². The molecule has 2 aromatic heterocycles. The molecule has 140 valence electrons. The van der Waals surface area contributed by atoms with Crippen molar-refractivity contribution in [3.05, 3.63) is 61.2 Å². The number of imidazole rings is 1. The summed E-state index contributed by atoms with van der Waals surface area (Å²) in [6, 6.07) is 9.43. The molecule has 0 saturated heterocycles. The molecule has 0 bridgehead atoms. The van der Waals surface area contributed by atoms with Crippen molar-refractivity contribution in [3.8, 4) is 22.5 Å². The van der Waals surface area contributed by atoms with Crippen LogP contribution in [0, 0.1) is 12.8 Å². The Bertz CT molecular complexity index is 952. The average Bonchev–Trinajstić information content (AvgIpc) is 3.19. The number of primary amides is 1. The molecule has 27 heavy (non-hydrogen) atoms. The van der Waals surface area contributed by atoms with E-state index in [4.69, 9.17) is 5.73 Å². The quantitative estimate of drug-likeness (QED) is 0.652. The number of aryl methyl sites for hydroxylation is 1. The number of aromatic nitrogens is 4. The zero-order valence-electron chi connectivity index (χ0n) is 16.0. The number of carbonyl (C=O) groups excluding carboxylic acids is 1. The second-order valence-corrected chi connectivity index (χ2v) is 6.95. The van der Waals surface area contributed by atoms with Gasteiger partial charge in [-0.25, -0.2) is 4.98 Å². The zero-order chi connectivity index (χ0) is 19.6. The van der Waals surface area contributed by atoms with Gasteiger partial charge in [-0.1, -0.05) is 50.3 Å². The van der Waals surface area contributed by atoms with E-state index in [0.29, 0.717) is 6.54 Å². The molecule has 0 saturated carbocycles. The minimum atomic E-state index is -0.493. The summed E-state index contributed by atoms with van der Waals surface area (Å²) in [5.41, 5.74) is 10.2. The number of nitrogens with zero attached hydrogens (tertiary/aromatic N) is 4. The maximum absolute atomic E-state index is 12.2. The van der Waals surface area contributed by atoms with E-state index in [1.54, 1.807) is 12.4 Å². The van der Waals surface area contributed by atoms with Crippen LogP contribution >= 0.6 is 0 Å². The number of hydrogen-bond donors (Lipinski definition) is 1. The lowest BCUT2D eigenvalue weighted by Gasteiger charge is -2.21. The van der Waals surface area contributed by atoms with Crippen LogP contribution in [0.3, 0.4) is 0 Å². The van der Waals surface area contributed by atoms with E-state index < -0.39 is 6.04 Å². The summed E-state index contributed by atoms with van der Waals surface area (Å²) in [5.74, 6) is -0.345. The molecular formula is C21H25N5O. The molecule has 0 aliphatic carbocycles. The summed E-state index contributed by atoms with van der Waals surface area (Å²) in [4.78, 5) is 16.8. The van der Waals surface area contributed by atoms with Gasteiger partial charge in [-0.2, -0.15) is 5.10 Å². The Hall–Kier alpha value is -3.15. The molecule has 0 radical (unpaired) electrons. The lowest BCUT2D eigenvalue weighted by atomic mass is 10.0. The van der Waals surface area contributed by atoms with Crippen molar-refractivity contribution in [2.24, 2.45) is 11.7 Å². The van der Waals surface area contributed by atoms with E-state index in [1.807, 2.05) is 66.5 Å².